The lowest BCUT2D eigenvalue weighted by Gasteiger charge is -2.43. The molecule has 0 saturated heterocycles. The number of unbranched alkanes of at least 4 members (excludes halogenated alkanes) is 3. The van der Waals surface area contributed by atoms with Crippen molar-refractivity contribution in [1.82, 2.24) is 4.98 Å². The van der Waals surface area contributed by atoms with E-state index in [4.69, 9.17) is 9.47 Å². The molecule has 1 N–H and O–H groups in total. The molecule has 3 aliphatic rings. The summed E-state index contributed by atoms with van der Waals surface area (Å²) >= 11 is 0. The molecule has 2 aromatic rings. The number of aromatic nitrogens is 1. The summed E-state index contributed by atoms with van der Waals surface area (Å²) in [6.07, 6.45) is 13.4. The van der Waals surface area contributed by atoms with Crippen molar-refractivity contribution in [3.63, 3.8) is 0 Å². The molecule has 1 heterocycles. The van der Waals surface area contributed by atoms with Crippen LogP contribution in [0.25, 0.3) is 0 Å². The van der Waals surface area contributed by atoms with Gasteiger partial charge in [-0.15, -0.1) is 0 Å². The molecule has 0 amide bonds. The Kier molecular flexibility index (Phi) is 5.79. The molecule has 2 unspecified atom stereocenters. The van der Waals surface area contributed by atoms with E-state index in [1.165, 1.54) is 30.4 Å². The molecular weight excluding hydrogens is 362 g/mol. The number of carbonyl (C=O) groups is 1. The second-order valence-corrected chi connectivity index (χ2v) is 8.13. The van der Waals surface area contributed by atoms with Crippen molar-refractivity contribution in [2.45, 2.75) is 63.7 Å². The molecule has 0 aliphatic heterocycles. The summed E-state index contributed by atoms with van der Waals surface area (Å²) in [7, 11) is 0. The Hall–Kier alpha value is -2.49. The van der Waals surface area contributed by atoms with Crippen LogP contribution in [0.5, 0.6) is 5.75 Å². The maximum Gasteiger partial charge on any atom is 0.355 e. The maximum atomic E-state index is 12.6. The highest BCUT2D eigenvalue weighted by molar-refractivity contribution is 5.91. The zero-order chi connectivity index (χ0) is 20.3. The minimum absolute atomic E-state index is 0.266. The van der Waals surface area contributed by atoms with Crippen LogP contribution < -0.4 is 4.74 Å². The predicted molar refractivity (Wildman–Crippen MR) is 115 cm³/mol. The van der Waals surface area contributed by atoms with Gasteiger partial charge in [-0.25, -0.2) is 4.79 Å². The first-order valence-electron chi connectivity index (χ1n) is 11.0. The molecule has 154 valence electrons. The van der Waals surface area contributed by atoms with Gasteiger partial charge in [0.1, 0.15) is 11.4 Å². The molecule has 4 heteroatoms. The van der Waals surface area contributed by atoms with Gasteiger partial charge in [0.25, 0.3) is 0 Å². The van der Waals surface area contributed by atoms with Crippen molar-refractivity contribution >= 4 is 5.97 Å². The summed E-state index contributed by atoms with van der Waals surface area (Å²) in [5.74, 6) is 1.02. The van der Waals surface area contributed by atoms with Crippen LogP contribution in [0.15, 0.2) is 42.6 Å². The van der Waals surface area contributed by atoms with E-state index in [0.717, 1.165) is 37.2 Å². The molecule has 5 rings (SSSR count). The van der Waals surface area contributed by atoms with Crippen LogP contribution in [0.2, 0.25) is 0 Å². The van der Waals surface area contributed by atoms with Crippen molar-refractivity contribution < 1.29 is 14.3 Å². The minimum atomic E-state index is -0.298. The number of carbonyl (C=O) groups excluding carboxylic acids is 1. The first-order valence-corrected chi connectivity index (χ1v) is 11.0. The van der Waals surface area contributed by atoms with Gasteiger partial charge in [-0.1, -0.05) is 50.5 Å². The number of aromatic amines is 1. The fourth-order valence-electron chi connectivity index (χ4n) is 4.85. The van der Waals surface area contributed by atoms with Gasteiger partial charge in [-0.05, 0) is 49.4 Å². The Morgan fingerprint density at radius 1 is 1.24 bits per heavy atom. The lowest BCUT2D eigenvalue weighted by atomic mass is 9.59. The highest BCUT2D eigenvalue weighted by Crippen LogP contribution is 2.54. The van der Waals surface area contributed by atoms with Gasteiger partial charge in [-0.2, -0.15) is 0 Å². The molecule has 2 bridgehead atoms. The van der Waals surface area contributed by atoms with Crippen LogP contribution in [0.1, 0.15) is 85.5 Å². The molecule has 0 spiro atoms. The standard InChI is InChI=1S/C25H31NO3/c1-3-5-6-7-15-29-20-10-8-9-19(16-20)25-13-11-18(12-14-25)21-17-26-23(22(21)25)24(27)28-4-2/h8-11,13,16-18,26H,3-7,12,14-15H2,1-2H3. The fourth-order valence-corrected chi connectivity index (χ4v) is 4.85. The van der Waals surface area contributed by atoms with Gasteiger partial charge in [0, 0.05) is 23.1 Å². The van der Waals surface area contributed by atoms with Gasteiger partial charge in [0.05, 0.1) is 13.2 Å². The Labute approximate surface area is 173 Å². The summed E-state index contributed by atoms with van der Waals surface area (Å²) in [6, 6.07) is 8.41. The Morgan fingerprint density at radius 3 is 2.90 bits per heavy atom. The SMILES string of the molecule is CCCCCCOc1cccc(C23C=CC(CC2)c2c[nH]c(C(=O)OCC)c23)c1. The number of benzene rings is 1. The van der Waals surface area contributed by atoms with E-state index in [1.807, 2.05) is 19.2 Å². The van der Waals surface area contributed by atoms with Crippen LogP contribution in [0, 0.1) is 0 Å². The summed E-state index contributed by atoms with van der Waals surface area (Å²) in [5, 5.41) is 0. The molecule has 2 atom stereocenters. The third-order valence-electron chi connectivity index (χ3n) is 6.31. The summed E-state index contributed by atoms with van der Waals surface area (Å²) in [5.41, 5.74) is 3.81. The van der Waals surface area contributed by atoms with Crippen LogP contribution in [0.4, 0.5) is 0 Å². The van der Waals surface area contributed by atoms with Gasteiger partial charge < -0.3 is 14.5 Å². The molecular formula is C25H31NO3. The van der Waals surface area contributed by atoms with E-state index in [0.29, 0.717) is 18.2 Å². The first-order chi connectivity index (χ1) is 14.2. The normalized spacial score (nSPS) is 21.8. The number of allylic oxidation sites excluding steroid dienone is 2. The largest absolute Gasteiger partial charge is 0.494 e. The molecule has 0 radical (unpaired) electrons. The predicted octanol–water partition coefficient (Wildman–Crippen LogP) is 5.88. The van der Waals surface area contributed by atoms with E-state index in [2.05, 4.69) is 42.3 Å². The number of hydrogen-bond donors (Lipinski definition) is 1. The molecule has 29 heavy (non-hydrogen) atoms. The third-order valence-corrected chi connectivity index (χ3v) is 6.31. The maximum absolute atomic E-state index is 12.6. The van der Waals surface area contributed by atoms with E-state index in [-0.39, 0.29) is 11.4 Å². The van der Waals surface area contributed by atoms with Crippen LogP contribution in [-0.2, 0) is 10.2 Å². The van der Waals surface area contributed by atoms with Crippen molar-refractivity contribution in [2.24, 2.45) is 0 Å². The second-order valence-electron chi connectivity index (χ2n) is 8.13. The quantitative estimate of drug-likeness (QED) is 0.329. The monoisotopic (exact) mass is 393 g/mol. The van der Waals surface area contributed by atoms with Gasteiger partial charge in [0.2, 0.25) is 0 Å². The van der Waals surface area contributed by atoms with Crippen LogP contribution in [-0.4, -0.2) is 24.2 Å². The summed E-state index contributed by atoms with van der Waals surface area (Å²) in [4.78, 5) is 15.8. The Morgan fingerprint density at radius 2 is 2.14 bits per heavy atom. The van der Waals surface area contributed by atoms with Gasteiger partial charge in [0.15, 0.2) is 0 Å². The highest BCUT2D eigenvalue weighted by Gasteiger charge is 2.46. The zero-order valence-electron chi connectivity index (χ0n) is 17.5. The van der Waals surface area contributed by atoms with Crippen LogP contribution >= 0.6 is 0 Å². The molecule has 3 aliphatic carbocycles. The van der Waals surface area contributed by atoms with Gasteiger partial charge in [-0.3, -0.25) is 0 Å². The van der Waals surface area contributed by atoms with Crippen molar-refractivity contribution in [3.8, 4) is 5.75 Å². The van der Waals surface area contributed by atoms with Crippen molar-refractivity contribution in [2.75, 3.05) is 13.2 Å². The second kappa shape index (κ2) is 8.48. The average molecular weight is 394 g/mol. The molecule has 0 saturated carbocycles. The number of H-pyrrole nitrogens is 1. The number of hydrogen-bond acceptors (Lipinski definition) is 3. The number of rotatable bonds is 9. The van der Waals surface area contributed by atoms with Crippen LogP contribution in [0.3, 0.4) is 0 Å². The summed E-state index contributed by atoms with van der Waals surface area (Å²) in [6.45, 7) is 5.18. The van der Waals surface area contributed by atoms with Gasteiger partial charge >= 0.3 is 5.97 Å². The lowest BCUT2D eigenvalue weighted by molar-refractivity contribution is 0.0517. The van der Waals surface area contributed by atoms with E-state index in [9.17, 15) is 4.79 Å². The highest BCUT2D eigenvalue weighted by atomic mass is 16.5. The van der Waals surface area contributed by atoms with E-state index >= 15 is 0 Å². The number of nitrogens with one attached hydrogen (secondary N) is 1. The zero-order valence-corrected chi connectivity index (χ0v) is 17.5. The Balaban J connectivity index is 1.64. The summed E-state index contributed by atoms with van der Waals surface area (Å²) < 4.78 is 11.4. The molecule has 1 aromatic carbocycles. The van der Waals surface area contributed by atoms with E-state index in [1.54, 1.807) is 0 Å². The molecule has 4 nitrogen and oxygen atoms in total. The third kappa shape index (κ3) is 3.61. The number of ether oxygens (including phenoxy) is 2. The van der Waals surface area contributed by atoms with Crippen molar-refractivity contribution in [3.05, 3.63) is 65.0 Å². The molecule has 1 aromatic heterocycles. The lowest BCUT2D eigenvalue weighted by Crippen LogP contribution is -2.36. The first kappa shape index (κ1) is 19.8. The topological polar surface area (TPSA) is 51.3 Å². The minimum Gasteiger partial charge on any atom is -0.494 e. The molecule has 0 fully saturated rings. The van der Waals surface area contributed by atoms with E-state index < -0.39 is 0 Å². The number of esters is 1. The smallest absolute Gasteiger partial charge is 0.355 e. The average Bonchev–Trinajstić information content (AvgIpc) is 3.23. The fraction of sp³-hybridized carbons (Fsp3) is 0.480. The van der Waals surface area contributed by atoms with Crippen molar-refractivity contribution in [1.29, 1.82) is 0 Å². The number of fused-ring (bicyclic) bond motifs is 1. The Bertz CT molecular complexity index is 897.